The van der Waals surface area contributed by atoms with Gasteiger partial charge in [0.2, 0.25) is 11.8 Å². The van der Waals surface area contributed by atoms with E-state index in [1.165, 1.54) is 19.2 Å². The Labute approximate surface area is 328 Å². The molecule has 3 unspecified atom stereocenters. The smallest absolute Gasteiger partial charge is 0.425 e. The highest BCUT2D eigenvalue weighted by atomic mass is 16.5. The van der Waals surface area contributed by atoms with Crippen molar-refractivity contribution < 1.29 is 33.4 Å². The van der Waals surface area contributed by atoms with Crippen molar-refractivity contribution in [2.24, 2.45) is 27.7 Å². The summed E-state index contributed by atoms with van der Waals surface area (Å²) in [5.41, 5.74) is 11.1. The number of alkyl carbamates (subject to hydrolysis) is 1. The van der Waals surface area contributed by atoms with E-state index in [2.05, 4.69) is 59.3 Å². The van der Waals surface area contributed by atoms with Crippen LogP contribution in [0.4, 0.5) is 9.59 Å². The minimum Gasteiger partial charge on any atom is -0.453 e. The highest BCUT2D eigenvalue weighted by Crippen LogP contribution is 2.47. The number of nitrogens with zero attached hydrogens (tertiary/aromatic N) is 4. The van der Waals surface area contributed by atoms with Gasteiger partial charge in [0.15, 0.2) is 0 Å². The van der Waals surface area contributed by atoms with E-state index < -0.39 is 24.1 Å². The molecule has 5 aliphatic rings. The molecule has 0 spiro atoms. The topological polar surface area (TPSA) is 151 Å². The monoisotopic (exact) mass is 764 g/mol. The minimum atomic E-state index is -0.681. The Morgan fingerprint density at radius 2 is 1.32 bits per heavy atom. The number of hydrogen-bond donors (Lipinski definition) is 2. The maximum atomic E-state index is 13.9. The zero-order valence-corrected chi connectivity index (χ0v) is 33.0. The molecule has 13 nitrogen and oxygen atoms in total. The van der Waals surface area contributed by atoms with Gasteiger partial charge < -0.3 is 24.4 Å². The summed E-state index contributed by atoms with van der Waals surface area (Å²) < 4.78 is 15.8. The lowest BCUT2D eigenvalue weighted by atomic mass is 9.74. The maximum Gasteiger partial charge on any atom is 0.425 e. The lowest BCUT2D eigenvalue weighted by Gasteiger charge is -2.34. The summed E-state index contributed by atoms with van der Waals surface area (Å²) in [5.74, 6) is -0.943. The fraction of sp³-hybridized carbons (Fsp3) is 0.488. The molecule has 3 saturated heterocycles. The van der Waals surface area contributed by atoms with Crippen molar-refractivity contribution in [1.29, 1.82) is 0 Å². The zero-order chi connectivity index (χ0) is 39.7. The molecule has 2 bridgehead atoms. The van der Waals surface area contributed by atoms with Gasteiger partial charge in [-0.2, -0.15) is 0 Å². The molecule has 5 aliphatic heterocycles. The van der Waals surface area contributed by atoms with Crippen molar-refractivity contribution in [2.75, 3.05) is 20.8 Å². The Kier molecular flexibility index (Phi) is 11.4. The molecule has 7 rings (SSSR count). The summed E-state index contributed by atoms with van der Waals surface area (Å²) in [6.45, 7) is 8.18. The minimum absolute atomic E-state index is 0.0722. The predicted octanol–water partition coefficient (Wildman–Crippen LogP) is 6.40. The number of benzene rings is 2. The lowest BCUT2D eigenvalue weighted by molar-refractivity contribution is -0.142. The molecule has 296 valence electrons. The molecule has 13 heteroatoms. The lowest BCUT2D eigenvalue weighted by Crippen LogP contribution is -2.55. The summed E-state index contributed by atoms with van der Waals surface area (Å²) >= 11 is 0. The van der Waals surface area contributed by atoms with E-state index in [0.29, 0.717) is 19.4 Å². The van der Waals surface area contributed by atoms with Crippen LogP contribution < -0.4 is 10.7 Å². The molecule has 5 heterocycles. The normalized spacial score (nSPS) is 24.4. The van der Waals surface area contributed by atoms with E-state index in [-0.39, 0.29) is 47.9 Å². The number of nitrogens with one attached hydrogen (secondary N) is 2. The van der Waals surface area contributed by atoms with Crippen LogP contribution in [0.5, 0.6) is 0 Å². The van der Waals surface area contributed by atoms with E-state index in [1.54, 1.807) is 0 Å². The fourth-order valence-electron chi connectivity index (χ4n) is 8.82. The van der Waals surface area contributed by atoms with Gasteiger partial charge in [-0.05, 0) is 78.8 Å². The van der Waals surface area contributed by atoms with Crippen LogP contribution in [0, 0.1) is 17.8 Å². The quantitative estimate of drug-likeness (QED) is 0.266. The van der Waals surface area contributed by atoms with Gasteiger partial charge in [-0.3, -0.25) is 19.6 Å². The first-order chi connectivity index (χ1) is 27.0. The predicted molar refractivity (Wildman–Crippen MR) is 213 cm³/mol. The zero-order valence-electron chi connectivity index (χ0n) is 33.0. The molecule has 4 amide bonds. The molecule has 0 saturated carbocycles. The highest BCUT2D eigenvalue weighted by molar-refractivity contribution is 6.04. The van der Waals surface area contributed by atoms with Crippen LogP contribution in [-0.4, -0.2) is 96.4 Å². The van der Waals surface area contributed by atoms with Crippen LogP contribution in [0.1, 0.15) is 77.3 Å². The van der Waals surface area contributed by atoms with Crippen molar-refractivity contribution in [2.45, 2.75) is 96.6 Å². The number of ether oxygens (including phenoxy) is 3. The van der Waals surface area contributed by atoms with Crippen LogP contribution in [0.2, 0.25) is 0 Å². The van der Waals surface area contributed by atoms with Gasteiger partial charge in [0.1, 0.15) is 6.04 Å². The average molecular weight is 765 g/mol. The number of allylic oxidation sites excluding steroid dienone is 2. The number of rotatable bonds is 10. The van der Waals surface area contributed by atoms with Gasteiger partial charge >= 0.3 is 12.2 Å². The number of hydrazine groups is 1. The number of amides is 4. The Bertz CT molecular complexity index is 1970. The third kappa shape index (κ3) is 7.73. The second-order valence-corrected chi connectivity index (χ2v) is 15.9. The van der Waals surface area contributed by atoms with Crippen molar-refractivity contribution in [3.05, 3.63) is 72.1 Å². The summed E-state index contributed by atoms with van der Waals surface area (Å²) in [4.78, 5) is 62.9. The molecule has 2 aromatic carbocycles. The largest absolute Gasteiger partial charge is 0.453 e. The molecule has 6 atom stereocenters. The Morgan fingerprint density at radius 3 is 1.89 bits per heavy atom. The second-order valence-electron chi connectivity index (χ2n) is 15.9. The molecule has 3 fully saturated rings. The van der Waals surface area contributed by atoms with E-state index in [9.17, 15) is 19.2 Å². The van der Waals surface area contributed by atoms with Gasteiger partial charge in [0, 0.05) is 55.2 Å². The molecular weight excluding hydrogens is 713 g/mol. The first-order valence-electron chi connectivity index (χ1n) is 19.7. The third-order valence-electron chi connectivity index (χ3n) is 11.8. The van der Waals surface area contributed by atoms with Gasteiger partial charge in [0.05, 0.1) is 38.4 Å². The Hall–Kier alpha value is -5.30. The number of carbonyl (C=O) groups excluding carboxylic acids is 4. The summed E-state index contributed by atoms with van der Waals surface area (Å²) in [6, 6.07) is 16.0. The second kappa shape index (κ2) is 16.4. The van der Waals surface area contributed by atoms with Crippen LogP contribution >= 0.6 is 0 Å². The van der Waals surface area contributed by atoms with Crippen molar-refractivity contribution >= 4 is 46.6 Å². The van der Waals surface area contributed by atoms with Crippen LogP contribution in [0.25, 0.3) is 22.3 Å². The maximum absolute atomic E-state index is 13.9. The number of likely N-dealkylation sites (tertiary alicyclic amines) is 1. The summed E-state index contributed by atoms with van der Waals surface area (Å²) in [7, 11) is 2.58. The Balaban J connectivity index is 0.958. The number of methoxy groups -OCH3 is 2. The van der Waals surface area contributed by atoms with E-state index in [0.717, 1.165) is 70.5 Å². The third-order valence-corrected chi connectivity index (χ3v) is 11.8. The van der Waals surface area contributed by atoms with Crippen LogP contribution in [0.3, 0.4) is 0 Å². The highest BCUT2D eigenvalue weighted by Gasteiger charge is 2.55. The van der Waals surface area contributed by atoms with Gasteiger partial charge in [-0.25, -0.2) is 20.0 Å². The SMILES string of the molecule is COC(=O)N[C@H](C(=O)N1CCC[C@H]1C1=NC=C(c2ccc(-c3ccc(C4=CN=C(C5C6CCC(O6)[C@H]5C(=O)N(NC(=O)OC)C(C)C)C4)cc3)cc2)C1)C(C)C. The van der Waals surface area contributed by atoms with Gasteiger partial charge in [-0.1, -0.05) is 62.4 Å². The fourth-order valence-corrected chi connectivity index (χ4v) is 8.82. The van der Waals surface area contributed by atoms with E-state index in [1.807, 2.05) is 45.0 Å². The van der Waals surface area contributed by atoms with Gasteiger partial charge in [-0.15, -0.1) is 0 Å². The number of hydrogen-bond acceptors (Lipinski definition) is 9. The molecular formula is C43H52N6O7. The first kappa shape index (κ1) is 39.0. The molecule has 2 aromatic rings. The number of fused-ring (bicyclic) bond motifs is 2. The van der Waals surface area contributed by atoms with E-state index in [4.69, 9.17) is 24.2 Å². The van der Waals surface area contributed by atoms with Gasteiger partial charge in [0.25, 0.3) is 0 Å². The van der Waals surface area contributed by atoms with Crippen molar-refractivity contribution in [1.82, 2.24) is 20.7 Å². The molecule has 0 radical (unpaired) electrons. The van der Waals surface area contributed by atoms with Crippen LogP contribution in [0.15, 0.2) is 70.9 Å². The summed E-state index contributed by atoms with van der Waals surface area (Å²) in [5, 5.41) is 4.08. The standard InChI is InChI=1S/C43H52N6O7/c1-24(2)39(46-42(52)54-5)41(51)48-19-7-8-34(48)32-20-30(22-44-32)28-13-9-26(10-14-28)27-11-15-29(16-12-27)31-21-33(45-23-31)37-35-17-18-36(56-35)38(37)40(50)49(25(3)4)47-43(53)55-6/h9-16,22-25,34-39H,7-8,17-21H2,1-6H3,(H,46,52)(H,47,53)/t34-,35?,36?,37?,38+,39-/m0/s1. The number of carbonyl (C=O) groups is 4. The molecule has 0 aliphatic carbocycles. The first-order valence-corrected chi connectivity index (χ1v) is 19.7. The number of aliphatic imine (C=N–C) groups is 2. The average Bonchev–Trinajstić information content (AvgIpc) is 4.06. The van der Waals surface area contributed by atoms with Crippen LogP contribution in [-0.2, 0) is 23.8 Å². The molecule has 2 N–H and O–H groups in total. The summed E-state index contributed by atoms with van der Waals surface area (Å²) in [6.07, 6.45) is 6.99. The molecule has 56 heavy (non-hydrogen) atoms. The van der Waals surface area contributed by atoms with E-state index >= 15 is 0 Å². The Morgan fingerprint density at radius 1 is 0.768 bits per heavy atom. The molecule has 0 aromatic heterocycles. The van der Waals surface area contributed by atoms with Crippen molar-refractivity contribution in [3.63, 3.8) is 0 Å². The van der Waals surface area contributed by atoms with Crippen molar-refractivity contribution in [3.8, 4) is 11.1 Å².